The number of nitrogens with one attached hydrogen (secondary N) is 2. The highest BCUT2D eigenvalue weighted by Gasteiger charge is 2.39. The van der Waals surface area contributed by atoms with Gasteiger partial charge in [-0.2, -0.15) is 12.6 Å². The zero-order valence-corrected chi connectivity index (χ0v) is 9.61. The third kappa shape index (κ3) is 2.31. The normalized spacial score (nSPS) is 18.5. The molecule has 88 valence electrons. The molecule has 0 saturated carbocycles. The van der Waals surface area contributed by atoms with Crippen LogP contribution in [0.4, 0.5) is 4.79 Å². The van der Waals surface area contributed by atoms with E-state index in [0.29, 0.717) is 0 Å². The standard InChI is InChI=1S/C11H10N2O3S/c14-9-7(10(15)13-11(16)12-9)8(17)6-4-2-1-3-5-6/h1-5,7-8,17H,(H2,12,13,14,15,16)/t8-/m0/s1. The van der Waals surface area contributed by atoms with Gasteiger partial charge in [0.25, 0.3) is 0 Å². The summed E-state index contributed by atoms with van der Waals surface area (Å²) in [5.41, 5.74) is 0.750. The highest BCUT2D eigenvalue weighted by atomic mass is 32.1. The minimum atomic E-state index is -1.00. The molecule has 2 N–H and O–H groups in total. The molecule has 6 heteroatoms. The molecular formula is C11H10N2O3S. The number of hydrogen-bond acceptors (Lipinski definition) is 4. The Hall–Kier alpha value is -1.82. The van der Waals surface area contributed by atoms with Crippen molar-refractivity contribution in [3.8, 4) is 0 Å². The van der Waals surface area contributed by atoms with Crippen LogP contribution < -0.4 is 10.6 Å². The maximum absolute atomic E-state index is 11.6. The summed E-state index contributed by atoms with van der Waals surface area (Å²) in [4.78, 5) is 34.1. The van der Waals surface area contributed by atoms with E-state index in [1.54, 1.807) is 24.3 Å². The monoisotopic (exact) mass is 250 g/mol. The molecular weight excluding hydrogens is 240 g/mol. The van der Waals surface area contributed by atoms with Gasteiger partial charge in [-0.25, -0.2) is 4.79 Å². The zero-order chi connectivity index (χ0) is 12.4. The van der Waals surface area contributed by atoms with Crippen molar-refractivity contribution in [2.24, 2.45) is 5.92 Å². The number of barbiturate groups is 1. The van der Waals surface area contributed by atoms with Crippen LogP contribution in [0.2, 0.25) is 0 Å². The van der Waals surface area contributed by atoms with Gasteiger partial charge in [0.05, 0.1) is 0 Å². The first kappa shape index (κ1) is 11.7. The van der Waals surface area contributed by atoms with Crippen molar-refractivity contribution < 1.29 is 14.4 Å². The summed E-state index contributed by atoms with van der Waals surface area (Å²) >= 11 is 4.28. The SMILES string of the molecule is O=C1NC(=O)C([C@@H](S)c2ccccc2)C(=O)N1. The summed E-state index contributed by atoms with van der Waals surface area (Å²) in [6, 6.07) is 8.17. The van der Waals surface area contributed by atoms with E-state index in [0.717, 1.165) is 5.56 Å². The van der Waals surface area contributed by atoms with E-state index in [1.807, 2.05) is 6.07 Å². The minimum Gasteiger partial charge on any atom is -0.277 e. The Kier molecular flexibility index (Phi) is 3.14. The highest BCUT2D eigenvalue weighted by Crippen LogP contribution is 2.29. The predicted molar refractivity (Wildman–Crippen MR) is 63.3 cm³/mol. The van der Waals surface area contributed by atoms with Crippen LogP contribution in [0.3, 0.4) is 0 Å². The Morgan fingerprint density at radius 1 is 1.00 bits per heavy atom. The summed E-state index contributed by atoms with van der Waals surface area (Å²) in [5.74, 6) is -2.25. The molecule has 1 aliphatic rings. The van der Waals surface area contributed by atoms with E-state index in [2.05, 4.69) is 23.3 Å². The van der Waals surface area contributed by atoms with Gasteiger partial charge in [-0.3, -0.25) is 20.2 Å². The smallest absolute Gasteiger partial charge is 0.277 e. The van der Waals surface area contributed by atoms with Crippen molar-refractivity contribution in [1.82, 2.24) is 10.6 Å². The van der Waals surface area contributed by atoms with E-state index in [1.165, 1.54) is 0 Å². The Balaban J connectivity index is 2.25. The molecule has 1 saturated heterocycles. The second kappa shape index (κ2) is 4.58. The van der Waals surface area contributed by atoms with Gasteiger partial charge >= 0.3 is 6.03 Å². The maximum atomic E-state index is 11.6. The average molecular weight is 250 g/mol. The summed E-state index contributed by atoms with van der Waals surface area (Å²) in [6.45, 7) is 0. The van der Waals surface area contributed by atoms with Gasteiger partial charge in [-0.05, 0) is 5.56 Å². The third-order valence-corrected chi connectivity index (χ3v) is 3.09. The third-order valence-electron chi connectivity index (χ3n) is 2.50. The van der Waals surface area contributed by atoms with Gasteiger partial charge in [-0.1, -0.05) is 30.3 Å². The molecule has 1 heterocycles. The van der Waals surface area contributed by atoms with Gasteiger partial charge in [-0.15, -0.1) is 0 Å². The number of rotatable bonds is 2. The molecule has 5 nitrogen and oxygen atoms in total. The van der Waals surface area contributed by atoms with Gasteiger partial charge in [0, 0.05) is 5.25 Å². The molecule has 4 amide bonds. The zero-order valence-electron chi connectivity index (χ0n) is 8.71. The van der Waals surface area contributed by atoms with Crippen LogP contribution in [-0.2, 0) is 9.59 Å². The van der Waals surface area contributed by atoms with Crippen molar-refractivity contribution in [2.75, 3.05) is 0 Å². The van der Waals surface area contributed by atoms with Crippen LogP contribution in [0.1, 0.15) is 10.8 Å². The molecule has 1 atom stereocenters. The number of hydrogen-bond donors (Lipinski definition) is 3. The molecule has 0 spiro atoms. The average Bonchev–Trinajstić information content (AvgIpc) is 2.28. The van der Waals surface area contributed by atoms with Crippen molar-refractivity contribution in [2.45, 2.75) is 5.25 Å². The molecule has 0 aliphatic carbocycles. The van der Waals surface area contributed by atoms with Gasteiger partial charge in [0.2, 0.25) is 11.8 Å². The summed E-state index contributed by atoms with van der Waals surface area (Å²) in [5, 5.41) is 3.52. The number of benzene rings is 1. The first-order valence-electron chi connectivity index (χ1n) is 4.98. The lowest BCUT2D eigenvalue weighted by Gasteiger charge is -2.25. The fourth-order valence-corrected chi connectivity index (χ4v) is 2.10. The van der Waals surface area contributed by atoms with Gasteiger partial charge in [0.1, 0.15) is 5.92 Å². The van der Waals surface area contributed by atoms with E-state index in [4.69, 9.17) is 0 Å². The molecule has 1 aromatic carbocycles. The molecule has 0 aromatic heterocycles. The number of thiol groups is 1. The Labute approximate surface area is 103 Å². The summed E-state index contributed by atoms with van der Waals surface area (Å²) in [7, 11) is 0. The van der Waals surface area contributed by atoms with Crippen molar-refractivity contribution >= 4 is 30.5 Å². The second-order valence-corrected chi connectivity index (χ2v) is 4.20. The van der Waals surface area contributed by atoms with Crippen molar-refractivity contribution in [3.05, 3.63) is 35.9 Å². The predicted octanol–water partition coefficient (Wildman–Crippen LogP) is 0.640. The molecule has 0 bridgehead atoms. The van der Waals surface area contributed by atoms with Crippen molar-refractivity contribution in [1.29, 1.82) is 0 Å². The van der Waals surface area contributed by atoms with Crippen LogP contribution in [0.5, 0.6) is 0 Å². The maximum Gasteiger partial charge on any atom is 0.328 e. The molecule has 1 aliphatic heterocycles. The highest BCUT2D eigenvalue weighted by molar-refractivity contribution is 7.80. The Bertz CT molecular complexity index is 455. The lowest BCUT2D eigenvalue weighted by Crippen LogP contribution is -2.56. The number of amides is 4. The Morgan fingerprint density at radius 2 is 1.53 bits per heavy atom. The lowest BCUT2D eigenvalue weighted by atomic mass is 9.96. The van der Waals surface area contributed by atoms with Gasteiger partial charge in [0.15, 0.2) is 0 Å². The summed E-state index contributed by atoms with van der Waals surface area (Å²) < 4.78 is 0. The van der Waals surface area contributed by atoms with E-state index < -0.39 is 29.0 Å². The fourth-order valence-electron chi connectivity index (χ4n) is 1.66. The quantitative estimate of drug-likeness (QED) is 0.532. The summed E-state index contributed by atoms with van der Waals surface area (Å²) in [6.07, 6.45) is 0. The van der Waals surface area contributed by atoms with Gasteiger partial charge < -0.3 is 0 Å². The topological polar surface area (TPSA) is 75.3 Å². The first-order chi connectivity index (χ1) is 8.09. The van der Waals surface area contributed by atoms with Crippen LogP contribution in [0.15, 0.2) is 30.3 Å². The van der Waals surface area contributed by atoms with E-state index in [9.17, 15) is 14.4 Å². The van der Waals surface area contributed by atoms with Crippen LogP contribution in [-0.4, -0.2) is 17.8 Å². The molecule has 1 fully saturated rings. The number of imide groups is 2. The van der Waals surface area contributed by atoms with E-state index in [-0.39, 0.29) is 0 Å². The molecule has 0 radical (unpaired) electrons. The lowest BCUT2D eigenvalue weighted by molar-refractivity contribution is -0.135. The molecule has 2 rings (SSSR count). The van der Waals surface area contributed by atoms with Crippen LogP contribution in [0.25, 0.3) is 0 Å². The van der Waals surface area contributed by atoms with E-state index >= 15 is 0 Å². The number of carbonyl (C=O) groups is 3. The second-order valence-electron chi connectivity index (χ2n) is 3.64. The largest absolute Gasteiger partial charge is 0.328 e. The first-order valence-corrected chi connectivity index (χ1v) is 5.50. The molecule has 1 aromatic rings. The van der Waals surface area contributed by atoms with Crippen LogP contribution in [0, 0.1) is 5.92 Å². The number of urea groups is 1. The fraction of sp³-hybridized carbons (Fsp3) is 0.182. The Morgan fingerprint density at radius 3 is 2.06 bits per heavy atom. The molecule has 0 unspecified atom stereocenters. The number of carbonyl (C=O) groups excluding carboxylic acids is 3. The van der Waals surface area contributed by atoms with Crippen LogP contribution >= 0.6 is 12.6 Å². The van der Waals surface area contributed by atoms with Crippen molar-refractivity contribution in [3.63, 3.8) is 0 Å². The molecule has 17 heavy (non-hydrogen) atoms. The minimum absolute atomic E-state index is 0.579.